The van der Waals surface area contributed by atoms with Crippen molar-refractivity contribution < 1.29 is 28.1 Å². The van der Waals surface area contributed by atoms with E-state index in [1.165, 1.54) is 0 Å². The zero-order valence-corrected chi connectivity index (χ0v) is 24.8. The highest BCUT2D eigenvalue weighted by atomic mass is 19.1. The lowest BCUT2D eigenvalue weighted by Gasteiger charge is -2.35. The fourth-order valence-electron chi connectivity index (χ4n) is 5.54. The van der Waals surface area contributed by atoms with Crippen LogP contribution >= 0.6 is 0 Å². The van der Waals surface area contributed by atoms with Gasteiger partial charge in [0.1, 0.15) is 11.6 Å². The van der Waals surface area contributed by atoms with Crippen LogP contribution in [-0.2, 0) is 16.7 Å². The van der Waals surface area contributed by atoms with Gasteiger partial charge in [0.2, 0.25) is 0 Å². The molecule has 0 aromatic heterocycles. The number of anilines is 1. The number of amidine groups is 1. The van der Waals surface area contributed by atoms with Gasteiger partial charge in [-0.05, 0) is 55.9 Å². The lowest BCUT2D eigenvalue weighted by atomic mass is 9.84. The predicted molar refractivity (Wildman–Crippen MR) is 154 cm³/mol. The second kappa shape index (κ2) is 12.0. The van der Waals surface area contributed by atoms with E-state index in [1.54, 1.807) is 32.1 Å². The van der Waals surface area contributed by atoms with Crippen molar-refractivity contribution in [2.45, 2.75) is 65.5 Å². The Kier molecular flexibility index (Phi) is 8.93. The van der Waals surface area contributed by atoms with E-state index >= 15 is 4.39 Å². The molecule has 2 aromatic carbocycles. The predicted octanol–water partition coefficient (Wildman–Crippen LogP) is 5.57. The van der Waals surface area contributed by atoms with E-state index in [9.17, 15) is 4.79 Å². The number of hydrogen-bond donors (Lipinski definition) is 1. The molecule has 1 saturated heterocycles. The Balaban J connectivity index is 1.66. The number of Topliss-reactive ketones (excluding diaryl/α,β-unsaturated/α-hetero) is 1. The number of piperidine rings is 1. The lowest BCUT2D eigenvalue weighted by Crippen LogP contribution is -2.37. The molecule has 9 heteroatoms. The first-order valence-corrected chi connectivity index (χ1v) is 14.0. The second-order valence-corrected chi connectivity index (χ2v) is 11.3. The third-order valence-corrected chi connectivity index (χ3v) is 7.63. The quantitative estimate of drug-likeness (QED) is 0.384. The molecule has 218 valence electrons. The van der Waals surface area contributed by atoms with Gasteiger partial charge in [0.25, 0.3) is 0 Å². The van der Waals surface area contributed by atoms with Crippen molar-refractivity contribution in [3.8, 4) is 17.2 Å². The van der Waals surface area contributed by atoms with Crippen molar-refractivity contribution in [2.24, 2.45) is 0 Å². The third-order valence-electron chi connectivity index (χ3n) is 7.63. The Labute approximate surface area is 236 Å². The molecule has 2 aliphatic rings. The topological polar surface area (TPSA) is 84.3 Å². The van der Waals surface area contributed by atoms with Crippen LogP contribution in [0.5, 0.6) is 17.2 Å². The minimum absolute atomic E-state index is 0.00730. The molecule has 2 aliphatic heterocycles. The first kappa shape index (κ1) is 29.6. The van der Waals surface area contributed by atoms with Gasteiger partial charge in [-0.2, -0.15) is 0 Å². The van der Waals surface area contributed by atoms with Gasteiger partial charge in [-0.25, -0.2) is 4.39 Å². The highest BCUT2D eigenvalue weighted by molar-refractivity contribution is 6.06. The van der Waals surface area contributed by atoms with E-state index < -0.39 is 5.82 Å². The molecule has 8 nitrogen and oxygen atoms in total. The average molecular weight is 556 g/mol. The molecule has 0 unspecified atom stereocenters. The molecule has 0 aliphatic carbocycles. The lowest BCUT2D eigenvalue weighted by molar-refractivity contribution is 0.0818. The highest BCUT2D eigenvalue weighted by Gasteiger charge is 2.34. The van der Waals surface area contributed by atoms with Gasteiger partial charge in [-0.1, -0.05) is 20.8 Å². The molecule has 0 atom stereocenters. The number of hydrogen-bond acceptors (Lipinski definition) is 7. The summed E-state index contributed by atoms with van der Waals surface area (Å²) in [6.07, 6.45) is 2.01. The number of ether oxygens (including phenoxy) is 4. The molecule has 2 aromatic rings. The number of carbonyl (C=O) groups excluding carboxylic acids is 1. The summed E-state index contributed by atoms with van der Waals surface area (Å²) < 4.78 is 38.1. The third kappa shape index (κ3) is 5.75. The normalized spacial score (nSPS) is 15.8. The van der Waals surface area contributed by atoms with Crippen LogP contribution in [-0.4, -0.2) is 69.7 Å². The van der Waals surface area contributed by atoms with E-state index in [0.717, 1.165) is 42.9 Å². The summed E-state index contributed by atoms with van der Waals surface area (Å²) >= 11 is 0. The molecule has 1 fully saturated rings. The molecule has 0 spiro atoms. The fourth-order valence-corrected chi connectivity index (χ4v) is 5.54. The number of nitrogens with zero attached hydrogens (tertiary/aromatic N) is 2. The van der Waals surface area contributed by atoms with Gasteiger partial charge in [0.05, 0.1) is 44.2 Å². The highest BCUT2D eigenvalue weighted by Crippen LogP contribution is 2.42. The maximum atomic E-state index is 15.5. The zero-order valence-electron chi connectivity index (χ0n) is 24.8. The van der Waals surface area contributed by atoms with E-state index in [1.807, 2.05) is 19.1 Å². The molecule has 0 bridgehead atoms. The van der Waals surface area contributed by atoms with E-state index in [0.29, 0.717) is 23.5 Å². The first-order valence-electron chi connectivity index (χ1n) is 14.0. The van der Waals surface area contributed by atoms with Crippen LogP contribution in [0.1, 0.15) is 74.5 Å². The summed E-state index contributed by atoms with van der Waals surface area (Å²) in [5, 5.41) is 8.73. The average Bonchev–Trinajstić information content (AvgIpc) is 3.24. The summed E-state index contributed by atoms with van der Waals surface area (Å²) in [4.78, 5) is 17.6. The molecular formula is C31H42FN3O5. The van der Waals surface area contributed by atoms with Crippen molar-refractivity contribution in [3.63, 3.8) is 0 Å². The minimum atomic E-state index is -0.621. The van der Waals surface area contributed by atoms with Gasteiger partial charge in [-0.15, -0.1) is 0 Å². The van der Waals surface area contributed by atoms with Gasteiger partial charge >= 0.3 is 0 Å². The molecular weight excluding hydrogens is 513 g/mol. The molecule has 0 radical (unpaired) electrons. The van der Waals surface area contributed by atoms with Gasteiger partial charge in [0.15, 0.2) is 23.1 Å². The summed E-state index contributed by atoms with van der Waals surface area (Å²) in [6.45, 7) is 12.3. The standard InChI is InChI=1S/C31H42FN3O5/c1-8-39-25-16-20-17-35(30(33)26(20)27(32)29(25)40-9-2)18-24(36)19-14-22(31(3,4)5)28(38-7)23(15-19)34-12-10-21(37-6)11-13-34/h14-16,21,33H,8-13,17-18H2,1-7H3. The smallest absolute Gasteiger partial charge is 0.197 e. The number of nitrogens with one attached hydrogen (secondary N) is 1. The minimum Gasteiger partial charge on any atom is -0.494 e. The van der Waals surface area contributed by atoms with Crippen molar-refractivity contribution in [1.29, 1.82) is 5.41 Å². The zero-order chi connectivity index (χ0) is 29.2. The van der Waals surface area contributed by atoms with E-state index in [-0.39, 0.29) is 54.1 Å². The Hall–Kier alpha value is -3.33. The Morgan fingerprint density at radius 3 is 2.30 bits per heavy atom. The molecule has 1 N–H and O–H groups in total. The van der Waals surface area contributed by atoms with Crippen molar-refractivity contribution in [3.05, 3.63) is 46.3 Å². The van der Waals surface area contributed by atoms with Gasteiger partial charge < -0.3 is 28.7 Å². The monoisotopic (exact) mass is 555 g/mol. The summed E-state index contributed by atoms with van der Waals surface area (Å²) in [7, 11) is 3.41. The number of benzene rings is 2. The van der Waals surface area contributed by atoms with Gasteiger partial charge in [-0.3, -0.25) is 10.2 Å². The molecule has 0 saturated carbocycles. The second-order valence-electron chi connectivity index (χ2n) is 11.3. The van der Waals surface area contributed by atoms with Crippen LogP contribution in [0.25, 0.3) is 0 Å². The Morgan fingerprint density at radius 1 is 1.05 bits per heavy atom. The van der Waals surface area contributed by atoms with Crippen LogP contribution in [0.15, 0.2) is 18.2 Å². The maximum Gasteiger partial charge on any atom is 0.197 e. The van der Waals surface area contributed by atoms with Crippen molar-refractivity contribution in [2.75, 3.05) is 52.0 Å². The SMILES string of the molecule is CCOc1cc2c(c(F)c1OCC)C(=N)N(CC(=O)c1cc(N3CCC(OC)CC3)c(OC)c(C(C)(C)C)c1)C2. The number of ketones is 1. The van der Waals surface area contributed by atoms with Crippen molar-refractivity contribution >= 4 is 17.3 Å². The molecule has 2 heterocycles. The first-order chi connectivity index (χ1) is 19.0. The van der Waals surface area contributed by atoms with Crippen molar-refractivity contribution in [1.82, 2.24) is 4.90 Å². The van der Waals surface area contributed by atoms with Crippen LogP contribution in [0.2, 0.25) is 0 Å². The number of carbonyl (C=O) groups is 1. The van der Waals surface area contributed by atoms with E-state index in [2.05, 4.69) is 25.7 Å². The number of fused-ring (bicyclic) bond motifs is 1. The van der Waals surface area contributed by atoms with Crippen LogP contribution in [0, 0.1) is 11.2 Å². The molecule has 4 rings (SSSR count). The van der Waals surface area contributed by atoms with Gasteiger partial charge in [0, 0.05) is 37.9 Å². The number of halogens is 1. The van der Waals surface area contributed by atoms with Crippen LogP contribution in [0.4, 0.5) is 10.1 Å². The number of methoxy groups -OCH3 is 2. The fraction of sp³-hybridized carbons (Fsp3) is 0.548. The largest absolute Gasteiger partial charge is 0.494 e. The van der Waals surface area contributed by atoms with Crippen LogP contribution < -0.4 is 19.1 Å². The summed E-state index contributed by atoms with van der Waals surface area (Å²) in [6, 6.07) is 5.52. The molecule has 40 heavy (non-hydrogen) atoms. The Bertz CT molecular complexity index is 1260. The Morgan fingerprint density at radius 2 is 1.73 bits per heavy atom. The number of rotatable bonds is 10. The summed E-state index contributed by atoms with van der Waals surface area (Å²) in [5.41, 5.74) is 2.87. The maximum absolute atomic E-state index is 15.5. The molecule has 0 amide bonds. The van der Waals surface area contributed by atoms with Crippen LogP contribution in [0.3, 0.4) is 0 Å². The van der Waals surface area contributed by atoms with E-state index in [4.69, 9.17) is 24.4 Å². The summed E-state index contributed by atoms with van der Waals surface area (Å²) in [5.74, 6) is 0.297.